The first kappa shape index (κ1) is 39.5. The molecule has 52 heavy (non-hydrogen) atoms. The molecule has 0 bridgehead atoms. The van der Waals surface area contributed by atoms with Gasteiger partial charge in [0.2, 0.25) is 11.8 Å². The number of urea groups is 1. The van der Waals surface area contributed by atoms with Crippen LogP contribution in [0.2, 0.25) is 0 Å². The zero-order chi connectivity index (χ0) is 38.4. The van der Waals surface area contributed by atoms with Gasteiger partial charge in [0.05, 0.1) is 29.4 Å². The van der Waals surface area contributed by atoms with E-state index in [0.717, 1.165) is 47.3 Å². The van der Waals surface area contributed by atoms with E-state index < -0.39 is 48.1 Å². The molecule has 276 valence electrons. The maximum atomic E-state index is 15.2. The maximum Gasteiger partial charge on any atom is 0.573 e. The van der Waals surface area contributed by atoms with Crippen molar-refractivity contribution in [3.63, 3.8) is 0 Å². The van der Waals surface area contributed by atoms with Crippen molar-refractivity contribution in [2.24, 2.45) is 4.99 Å². The Morgan fingerprint density at radius 2 is 1.73 bits per heavy atom. The van der Waals surface area contributed by atoms with Gasteiger partial charge < -0.3 is 25.1 Å². The molecule has 17 heteroatoms. The van der Waals surface area contributed by atoms with E-state index in [1.54, 1.807) is 26.0 Å². The van der Waals surface area contributed by atoms with Gasteiger partial charge in [0, 0.05) is 30.3 Å². The highest BCUT2D eigenvalue weighted by molar-refractivity contribution is 8.15. The fourth-order valence-corrected chi connectivity index (χ4v) is 5.63. The fourth-order valence-electron chi connectivity index (χ4n) is 4.77. The summed E-state index contributed by atoms with van der Waals surface area (Å²) in [6.07, 6.45) is -3.85. The molecule has 1 saturated heterocycles. The number of nitrogens with zero attached hydrogens (tertiary/aromatic N) is 3. The van der Waals surface area contributed by atoms with Gasteiger partial charge in [-0.25, -0.2) is 18.0 Å². The highest BCUT2D eigenvalue weighted by atomic mass is 32.2. The van der Waals surface area contributed by atoms with Crippen LogP contribution in [0.5, 0.6) is 11.5 Å². The first-order valence-corrected chi connectivity index (χ1v) is 16.5. The van der Waals surface area contributed by atoms with Crippen LogP contribution in [-0.4, -0.2) is 65.3 Å². The molecule has 0 saturated carbocycles. The SMILES string of the molecule is CC/C(=C\C(=N)c1ccc(NC(=O)/N=C2\SCC(=O)N2c2cc(C)ccc2OCCC(C)(F)F)c(F)c1)N(C)C(=O)c1ccc(OC(F)(F)F)cc1. The number of amides is 4. The standard InChI is InChI=1S/C35H33F6N5O5S/c1-5-23(45(4)31(48)21-7-10-24(11-8-21)51-35(39,40)41)18-26(42)22-9-12-27(25(36)17-22)43-32(49)44-33-46(30(47)19-52-33)28-16-20(2)6-13-29(28)50-15-14-34(3,37)38/h6-13,16-18,42H,5,14-15,19H2,1-4H3,(H,43,49)/b23-18+,42-26?,44-33-. The van der Waals surface area contributed by atoms with E-state index in [9.17, 15) is 36.3 Å². The molecule has 0 atom stereocenters. The maximum absolute atomic E-state index is 15.2. The molecule has 0 unspecified atom stereocenters. The lowest BCUT2D eigenvalue weighted by Crippen LogP contribution is -2.31. The van der Waals surface area contributed by atoms with Crippen LogP contribution in [0.15, 0.2) is 77.4 Å². The van der Waals surface area contributed by atoms with Gasteiger partial charge in [0.1, 0.15) is 17.3 Å². The zero-order valence-corrected chi connectivity index (χ0v) is 29.1. The van der Waals surface area contributed by atoms with Crippen LogP contribution in [0.4, 0.5) is 42.5 Å². The Bertz CT molecular complexity index is 1910. The number of nitrogens with one attached hydrogen (secondary N) is 2. The van der Waals surface area contributed by atoms with Gasteiger partial charge in [-0.1, -0.05) is 30.8 Å². The zero-order valence-electron chi connectivity index (χ0n) is 28.2. The van der Waals surface area contributed by atoms with Crippen molar-refractivity contribution < 1.29 is 50.2 Å². The van der Waals surface area contributed by atoms with Crippen molar-refractivity contribution in [1.29, 1.82) is 5.41 Å². The second kappa shape index (κ2) is 16.4. The third-order valence-electron chi connectivity index (χ3n) is 7.38. The Labute approximate surface area is 299 Å². The number of aliphatic imine (C=N–C) groups is 1. The summed E-state index contributed by atoms with van der Waals surface area (Å²) in [6.45, 7) is 3.88. The monoisotopic (exact) mass is 749 g/mol. The number of ether oxygens (including phenoxy) is 2. The molecule has 3 aromatic rings. The number of rotatable bonds is 12. The van der Waals surface area contributed by atoms with Crippen LogP contribution in [0.1, 0.15) is 48.2 Å². The number of carbonyl (C=O) groups excluding carboxylic acids is 3. The summed E-state index contributed by atoms with van der Waals surface area (Å²) < 4.78 is 88.7. The average Bonchev–Trinajstić information content (AvgIpc) is 3.42. The Morgan fingerprint density at radius 1 is 1.06 bits per heavy atom. The number of benzene rings is 3. The Hall–Kier alpha value is -5.32. The number of halogens is 6. The lowest BCUT2D eigenvalue weighted by atomic mass is 10.1. The van der Waals surface area contributed by atoms with Crippen LogP contribution in [-0.2, 0) is 4.79 Å². The molecular formula is C35H33F6N5O5S. The summed E-state index contributed by atoms with van der Waals surface area (Å²) in [5, 5.41) is 10.8. The van der Waals surface area contributed by atoms with E-state index in [1.165, 1.54) is 48.4 Å². The normalized spacial score (nSPS) is 14.4. The summed E-state index contributed by atoms with van der Waals surface area (Å²) in [5.74, 6) is -5.33. The second-order valence-corrected chi connectivity index (χ2v) is 12.5. The minimum atomic E-state index is -4.89. The number of allylic oxidation sites excluding steroid dienone is 2. The van der Waals surface area contributed by atoms with E-state index in [-0.39, 0.29) is 57.9 Å². The third kappa shape index (κ3) is 10.6. The van der Waals surface area contributed by atoms with Crippen molar-refractivity contribution in [2.45, 2.75) is 45.9 Å². The van der Waals surface area contributed by atoms with Crippen LogP contribution < -0.4 is 19.7 Å². The lowest BCUT2D eigenvalue weighted by Gasteiger charge is -2.21. The first-order valence-electron chi connectivity index (χ1n) is 15.5. The predicted octanol–water partition coefficient (Wildman–Crippen LogP) is 8.56. The molecule has 1 fully saturated rings. The lowest BCUT2D eigenvalue weighted by molar-refractivity contribution is -0.274. The number of thioether (sulfide) groups is 1. The van der Waals surface area contributed by atoms with Gasteiger partial charge >= 0.3 is 12.4 Å². The molecule has 0 spiro atoms. The molecule has 1 heterocycles. The highest BCUT2D eigenvalue weighted by Gasteiger charge is 2.33. The molecule has 2 N–H and O–H groups in total. The van der Waals surface area contributed by atoms with E-state index in [1.807, 2.05) is 0 Å². The van der Waals surface area contributed by atoms with E-state index in [4.69, 9.17) is 10.1 Å². The van der Waals surface area contributed by atoms with Crippen molar-refractivity contribution in [3.8, 4) is 11.5 Å². The van der Waals surface area contributed by atoms with Gasteiger partial charge in [-0.3, -0.25) is 14.5 Å². The Morgan fingerprint density at radius 3 is 2.35 bits per heavy atom. The first-order chi connectivity index (χ1) is 24.3. The van der Waals surface area contributed by atoms with E-state index >= 15 is 4.39 Å². The van der Waals surface area contributed by atoms with Crippen LogP contribution in [0.25, 0.3) is 0 Å². The highest BCUT2D eigenvalue weighted by Crippen LogP contribution is 2.36. The third-order valence-corrected chi connectivity index (χ3v) is 8.31. The van der Waals surface area contributed by atoms with Gasteiger partial charge in [-0.15, -0.1) is 13.2 Å². The number of hydrogen-bond acceptors (Lipinski definition) is 7. The summed E-state index contributed by atoms with van der Waals surface area (Å²) in [7, 11) is 1.42. The van der Waals surface area contributed by atoms with Crippen molar-refractivity contribution >= 4 is 51.9 Å². The molecule has 0 radical (unpaired) electrons. The molecule has 0 aromatic heterocycles. The molecule has 4 amide bonds. The predicted molar refractivity (Wildman–Crippen MR) is 185 cm³/mol. The Kier molecular flexibility index (Phi) is 12.4. The van der Waals surface area contributed by atoms with Crippen LogP contribution >= 0.6 is 11.8 Å². The largest absolute Gasteiger partial charge is 0.573 e. The summed E-state index contributed by atoms with van der Waals surface area (Å²) in [6, 6.07) is 11.7. The molecule has 10 nitrogen and oxygen atoms in total. The number of carbonyl (C=O) groups is 3. The minimum absolute atomic E-state index is 0.0425. The van der Waals surface area contributed by atoms with E-state index in [2.05, 4.69) is 15.0 Å². The van der Waals surface area contributed by atoms with Crippen LogP contribution in [0.3, 0.4) is 0 Å². The van der Waals surface area contributed by atoms with Crippen molar-refractivity contribution in [3.05, 3.63) is 94.9 Å². The van der Waals surface area contributed by atoms with E-state index in [0.29, 0.717) is 5.70 Å². The number of alkyl halides is 5. The van der Waals surface area contributed by atoms with Gasteiger partial charge in [-0.05, 0) is 80.4 Å². The smallest absolute Gasteiger partial charge is 0.491 e. The fraction of sp³-hybridized carbons (Fsp3) is 0.286. The molecule has 3 aromatic carbocycles. The van der Waals surface area contributed by atoms with Gasteiger partial charge in [0.15, 0.2) is 5.17 Å². The van der Waals surface area contributed by atoms with Crippen LogP contribution in [0, 0.1) is 18.2 Å². The summed E-state index contributed by atoms with van der Waals surface area (Å²) in [5.41, 5.74) is 0.964. The van der Waals surface area contributed by atoms with Crippen molar-refractivity contribution in [1.82, 2.24) is 4.90 Å². The molecule has 1 aliphatic heterocycles. The topological polar surface area (TPSA) is 124 Å². The second-order valence-electron chi connectivity index (χ2n) is 11.5. The quantitative estimate of drug-likeness (QED) is 0.141. The van der Waals surface area contributed by atoms with Gasteiger partial charge in [-0.2, -0.15) is 4.99 Å². The summed E-state index contributed by atoms with van der Waals surface area (Å²) in [4.78, 5) is 45.0. The van der Waals surface area contributed by atoms with Gasteiger partial charge in [0.25, 0.3) is 5.91 Å². The molecule has 1 aliphatic rings. The molecule has 0 aliphatic carbocycles. The average molecular weight is 750 g/mol. The molecular weight excluding hydrogens is 716 g/mol. The number of amidine groups is 1. The Balaban J connectivity index is 1.46. The number of aryl methyl sites for hydroxylation is 1. The van der Waals surface area contributed by atoms with Crippen molar-refractivity contribution in [2.75, 3.05) is 29.6 Å². The molecule has 4 rings (SSSR count). The summed E-state index contributed by atoms with van der Waals surface area (Å²) >= 11 is 0.946. The number of hydrogen-bond donors (Lipinski definition) is 2. The minimum Gasteiger partial charge on any atom is -0.491 e. The number of anilines is 2.